The molecule has 2 aliphatic heterocycles. The smallest absolute Gasteiger partial charge is 0.277 e. The van der Waals surface area contributed by atoms with Crippen LogP contribution in [0.3, 0.4) is 0 Å². The van der Waals surface area contributed by atoms with Crippen LogP contribution < -0.4 is 0 Å². The van der Waals surface area contributed by atoms with Gasteiger partial charge in [-0.25, -0.2) is 0 Å². The van der Waals surface area contributed by atoms with E-state index in [9.17, 15) is 9.59 Å². The van der Waals surface area contributed by atoms with Crippen LogP contribution in [0.15, 0.2) is 23.2 Å². The quantitative estimate of drug-likeness (QED) is 0.503. The fourth-order valence-corrected chi connectivity index (χ4v) is 4.29. The molecule has 0 spiro atoms. The van der Waals surface area contributed by atoms with Crippen molar-refractivity contribution in [3.8, 4) is 0 Å². The normalized spacial score (nSPS) is 19.1. The average Bonchev–Trinajstić information content (AvgIpc) is 3.26. The number of hydrogen-bond donors (Lipinski definition) is 0. The monoisotopic (exact) mass is 391 g/mol. The number of hydrogen-bond acceptors (Lipinski definition) is 6. The number of rotatable bonds is 8. The zero-order chi connectivity index (χ0) is 19.4. The Kier molecular flexibility index (Phi) is 6.68. The number of piperazine rings is 1. The first kappa shape index (κ1) is 20.0. The van der Waals surface area contributed by atoms with Gasteiger partial charge in [-0.2, -0.15) is 0 Å². The fraction of sp³-hybridized carbons (Fsp3) is 0.600. The van der Waals surface area contributed by atoms with Crippen LogP contribution >= 0.6 is 11.3 Å². The maximum atomic E-state index is 13.2. The summed E-state index contributed by atoms with van der Waals surface area (Å²) in [5, 5.41) is 1.95. The molecule has 3 rings (SSSR count). The predicted octanol–water partition coefficient (Wildman–Crippen LogP) is 2.28. The summed E-state index contributed by atoms with van der Waals surface area (Å²) in [5.74, 6) is -0.321. The summed E-state index contributed by atoms with van der Waals surface area (Å²) in [6, 6.07) is 3.86. The van der Waals surface area contributed by atoms with Crippen molar-refractivity contribution in [1.29, 1.82) is 0 Å². The van der Waals surface area contributed by atoms with Crippen molar-refractivity contribution in [2.24, 2.45) is 0 Å². The molecule has 6 nitrogen and oxygen atoms in total. The summed E-state index contributed by atoms with van der Waals surface area (Å²) in [6.07, 6.45) is 0.810. The molecule has 0 aliphatic carbocycles. The van der Waals surface area contributed by atoms with Crippen molar-refractivity contribution >= 4 is 28.7 Å². The minimum atomic E-state index is -0.167. The number of imide groups is 1. The summed E-state index contributed by atoms with van der Waals surface area (Å²) in [4.78, 5) is 33.0. The number of thiophene rings is 1. The predicted molar refractivity (Wildman–Crippen MR) is 107 cm³/mol. The molecule has 1 fully saturated rings. The van der Waals surface area contributed by atoms with Crippen molar-refractivity contribution in [3.63, 3.8) is 0 Å². The van der Waals surface area contributed by atoms with Crippen LogP contribution in [0.25, 0.3) is 5.57 Å². The molecule has 7 heteroatoms. The van der Waals surface area contributed by atoms with Crippen LogP contribution in [0.2, 0.25) is 0 Å². The lowest BCUT2D eigenvalue weighted by atomic mass is 10.1. The second kappa shape index (κ2) is 8.99. The van der Waals surface area contributed by atoms with E-state index >= 15 is 0 Å². The van der Waals surface area contributed by atoms with Gasteiger partial charge in [0.05, 0.1) is 11.7 Å². The van der Waals surface area contributed by atoms with Crippen molar-refractivity contribution in [2.45, 2.75) is 33.3 Å². The van der Waals surface area contributed by atoms with Gasteiger partial charge in [0.1, 0.15) is 5.70 Å². The van der Waals surface area contributed by atoms with E-state index in [1.165, 1.54) is 16.2 Å². The first-order chi connectivity index (χ1) is 13.0. The van der Waals surface area contributed by atoms with E-state index in [0.717, 1.165) is 37.6 Å². The largest absolute Gasteiger partial charge is 0.379 e. The van der Waals surface area contributed by atoms with E-state index < -0.39 is 0 Å². The highest BCUT2D eigenvalue weighted by Crippen LogP contribution is 2.34. The number of likely N-dealkylation sites (N-methyl/N-ethyl adjacent to an activating group) is 1. The second-order valence-electron chi connectivity index (χ2n) is 7.16. The Hall–Kier alpha value is -1.70. The lowest BCUT2D eigenvalue weighted by Crippen LogP contribution is -2.47. The molecule has 0 atom stereocenters. The third-order valence-electron chi connectivity index (χ3n) is 5.02. The lowest BCUT2D eigenvalue weighted by Gasteiger charge is -2.35. The molecule has 148 valence electrons. The van der Waals surface area contributed by atoms with Gasteiger partial charge in [-0.1, -0.05) is 13.0 Å². The maximum Gasteiger partial charge on any atom is 0.277 e. The zero-order valence-electron chi connectivity index (χ0n) is 16.4. The molecule has 1 aromatic rings. The number of amides is 2. The van der Waals surface area contributed by atoms with Gasteiger partial charge in [0.2, 0.25) is 0 Å². The zero-order valence-corrected chi connectivity index (χ0v) is 17.3. The van der Waals surface area contributed by atoms with Crippen molar-refractivity contribution < 1.29 is 14.3 Å². The summed E-state index contributed by atoms with van der Waals surface area (Å²) < 4.78 is 5.56. The van der Waals surface area contributed by atoms with Crippen molar-refractivity contribution in [2.75, 3.05) is 45.9 Å². The number of ether oxygens (including phenoxy) is 1. The first-order valence-corrected chi connectivity index (χ1v) is 10.6. The molecule has 0 N–H and O–H groups in total. The van der Waals surface area contributed by atoms with Crippen LogP contribution in [0.4, 0.5) is 0 Å². The lowest BCUT2D eigenvalue weighted by molar-refractivity contribution is -0.137. The molecule has 1 saturated heterocycles. The Morgan fingerprint density at radius 1 is 1.15 bits per heavy atom. The minimum Gasteiger partial charge on any atom is -0.379 e. The number of nitrogens with zero attached hydrogens (tertiary/aromatic N) is 3. The maximum absolute atomic E-state index is 13.2. The van der Waals surface area contributed by atoms with Crippen LogP contribution in [-0.2, 0) is 14.3 Å². The Bertz CT molecular complexity index is 691. The molecule has 0 aromatic carbocycles. The Morgan fingerprint density at radius 2 is 1.89 bits per heavy atom. The molecule has 3 heterocycles. The van der Waals surface area contributed by atoms with Crippen LogP contribution in [0.1, 0.15) is 32.1 Å². The van der Waals surface area contributed by atoms with Crippen LogP contribution in [-0.4, -0.2) is 78.5 Å². The van der Waals surface area contributed by atoms with Gasteiger partial charge in [-0.15, -0.1) is 11.3 Å². The Labute approximate surface area is 165 Å². The Balaban J connectivity index is 1.78. The molecule has 0 saturated carbocycles. The van der Waals surface area contributed by atoms with E-state index in [1.807, 2.05) is 31.4 Å². The van der Waals surface area contributed by atoms with Gasteiger partial charge in [-0.05, 0) is 38.3 Å². The summed E-state index contributed by atoms with van der Waals surface area (Å²) in [5.41, 5.74) is 1.16. The molecular weight excluding hydrogens is 362 g/mol. The summed E-state index contributed by atoms with van der Waals surface area (Å²) in [7, 11) is 0. The van der Waals surface area contributed by atoms with E-state index in [4.69, 9.17) is 4.74 Å². The highest BCUT2D eigenvalue weighted by molar-refractivity contribution is 7.11. The molecule has 1 aromatic heterocycles. The molecule has 27 heavy (non-hydrogen) atoms. The van der Waals surface area contributed by atoms with E-state index in [1.54, 1.807) is 0 Å². The van der Waals surface area contributed by atoms with Crippen LogP contribution in [0, 0.1) is 0 Å². The van der Waals surface area contributed by atoms with Gasteiger partial charge >= 0.3 is 0 Å². The van der Waals surface area contributed by atoms with E-state index in [2.05, 4.69) is 16.7 Å². The average molecular weight is 392 g/mol. The van der Waals surface area contributed by atoms with Crippen molar-refractivity contribution in [3.05, 3.63) is 28.1 Å². The van der Waals surface area contributed by atoms with E-state index in [0.29, 0.717) is 30.8 Å². The van der Waals surface area contributed by atoms with Crippen LogP contribution in [0.5, 0.6) is 0 Å². The van der Waals surface area contributed by atoms with Gasteiger partial charge in [0.15, 0.2) is 0 Å². The molecule has 2 aliphatic rings. The molecular formula is C20H29N3O3S. The van der Waals surface area contributed by atoms with Gasteiger partial charge in [-0.3, -0.25) is 14.5 Å². The molecule has 0 unspecified atom stereocenters. The summed E-state index contributed by atoms with van der Waals surface area (Å²) >= 11 is 1.51. The topological polar surface area (TPSA) is 53.1 Å². The SMILES string of the molecule is CCN1CCN(C2=C(c3cccs3)C(=O)N(CCCOC(C)C)C2=O)CC1. The van der Waals surface area contributed by atoms with E-state index in [-0.39, 0.29) is 17.9 Å². The minimum absolute atomic E-state index is 0.153. The van der Waals surface area contributed by atoms with Gasteiger partial charge < -0.3 is 14.5 Å². The van der Waals surface area contributed by atoms with Crippen molar-refractivity contribution in [1.82, 2.24) is 14.7 Å². The third kappa shape index (κ3) is 4.42. The highest BCUT2D eigenvalue weighted by Gasteiger charge is 2.42. The standard InChI is InChI=1S/C20H29N3O3S/c1-4-21-9-11-22(12-10-21)18-17(16-7-5-14-27-16)19(24)23(20(18)25)8-6-13-26-15(2)3/h5,7,14-15H,4,6,8-13H2,1-3H3. The molecule has 0 radical (unpaired) electrons. The second-order valence-corrected chi connectivity index (χ2v) is 8.10. The number of carbonyl (C=O) groups excluding carboxylic acids is 2. The fourth-order valence-electron chi connectivity index (χ4n) is 3.53. The number of carbonyl (C=O) groups is 2. The van der Waals surface area contributed by atoms with Gasteiger partial charge in [0, 0.05) is 44.2 Å². The Morgan fingerprint density at radius 3 is 2.48 bits per heavy atom. The highest BCUT2D eigenvalue weighted by atomic mass is 32.1. The molecule has 2 amide bonds. The first-order valence-electron chi connectivity index (χ1n) is 9.76. The molecule has 0 bridgehead atoms. The third-order valence-corrected chi connectivity index (χ3v) is 5.91. The summed E-state index contributed by atoms with van der Waals surface area (Å²) in [6.45, 7) is 11.5. The van der Waals surface area contributed by atoms with Gasteiger partial charge in [0.25, 0.3) is 11.8 Å².